The van der Waals surface area contributed by atoms with Crippen LogP contribution in [0.5, 0.6) is 5.75 Å². The minimum Gasteiger partial charge on any atom is -0.497 e. The Balaban J connectivity index is 1.25. The first-order chi connectivity index (χ1) is 14.7. The molecular formula is C23H23N5O2. The van der Waals surface area contributed by atoms with Crippen LogP contribution in [0.25, 0.3) is 16.7 Å². The second kappa shape index (κ2) is 7.67. The van der Waals surface area contributed by atoms with Crippen LogP contribution in [-0.4, -0.2) is 50.8 Å². The number of fused-ring (bicyclic) bond motifs is 1. The third-order valence-electron chi connectivity index (χ3n) is 5.72. The number of ether oxygens (including phenoxy) is 1. The maximum atomic E-state index is 12.9. The number of nitrogens with one attached hydrogen (secondary N) is 1. The number of piperidine rings is 1. The molecule has 1 aliphatic heterocycles. The predicted octanol–water partition coefficient (Wildman–Crippen LogP) is 3.78. The number of H-pyrrole nitrogens is 1. The summed E-state index contributed by atoms with van der Waals surface area (Å²) in [6, 6.07) is 17.4. The minimum atomic E-state index is -0.0229. The largest absolute Gasteiger partial charge is 0.497 e. The van der Waals surface area contributed by atoms with Crippen molar-refractivity contribution in [2.24, 2.45) is 0 Å². The lowest BCUT2D eigenvalue weighted by atomic mass is 9.96. The van der Waals surface area contributed by atoms with Gasteiger partial charge in [-0.2, -0.15) is 5.10 Å². The number of aromatic nitrogens is 4. The van der Waals surface area contributed by atoms with Crippen LogP contribution >= 0.6 is 0 Å². The normalized spacial score (nSPS) is 14.9. The monoisotopic (exact) mass is 401 g/mol. The Morgan fingerprint density at radius 1 is 1.07 bits per heavy atom. The Morgan fingerprint density at radius 3 is 2.57 bits per heavy atom. The summed E-state index contributed by atoms with van der Waals surface area (Å²) in [5.74, 6) is 2.13. The van der Waals surface area contributed by atoms with Crippen molar-refractivity contribution in [2.45, 2.75) is 18.8 Å². The summed E-state index contributed by atoms with van der Waals surface area (Å²) >= 11 is 0. The van der Waals surface area contributed by atoms with Gasteiger partial charge >= 0.3 is 0 Å². The molecule has 0 bridgehead atoms. The lowest BCUT2D eigenvalue weighted by molar-refractivity contribution is 0.0705. The van der Waals surface area contributed by atoms with Gasteiger partial charge in [0.2, 0.25) is 0 Å². The van der Waals surface area contributed by atoms with Gasteiger partial charge in [0.05, 0.1) is 23.8 Å². The first-order valence-electron chi connectivity index (χ1n) is 10.2. The highest BCUT2D eigenvalue weighted by Gasteiger charge is 2.27. The zero-order chi connectivity index (χ0) is 20.5. The number of nitrogens with zero attached hydrogens (tertiary/aromatic N) is 4. The number of carbonyl (C=O) groups excluding carboxylic acids is 1. The van der Waals surface area contributed by atoms with Crippen molar-refractivity contribution in [2.75, 3.05) is 20.2 Å². The molecule has 4 aromatic rings. The fraction of sp³-hybridized carbons (Fsp3) is 0.261. The van der Waals surface area contributed by atoms with E-state index in [4.69, 9.17) is 9.72 Å². The van der Waals surface area contributed by atoms with Crippen LogP contribution in [0.4, 0.5) is 0 Å². The summed E-state index contributed by atoms with van der Waals surface area (Å²) in [4.78, 5) is 23.0. The van der Waals surface area contributed by atoms with E-state index in [1.807, 2.05) is 59.6 Å². The van der Waals surface area contributed by atoms with Crippen LogP contribution < -0.4 is 4.74 Å². The van der Waals surface area contributed by atoms with E-state index in [1.165, 1.54) is 0 Å². The number of hydrogen-bond donors (Lipinski definition) is 1. The van der Waals surface area contributed by atoms with Crippen molar-refractivity contribution in [1.29, 1.82) is 0 Å². The molecule has 7 nitrogen and oxygen atoms in total. The molecule has 2 aromatic heterocycles. The van der Waals surface area contributed by atoms with Gasteiger partial charge in [0.1, 0.15) is 11.6 Å². The fourth-order valence-corrected chi connectivity index (χ4v) is 4.00. The van der Waals surface area contributed by atoms with Gasteiger partial charge in [-0.3, -0.25) is 4.79 Å². The second-order valence-corrected chi connectivity index (χ2v) is 7.55. The van der Waals surface area contributed by atoms with Gasteiger partial charge in [0, 0.05) is 25.2 Å². The molecule has 30 heavy (non-hydrogen) atoms. The second-order valence-electron chi connectivity index (χ2n) is 7.55. The van der Waals surface area contributed by atoms with E-state index in [9.17, 15) is 4.79 Å². The van der Waals surface area contributed by atoms with Crippen LogP contribution in [0.1, 0.15) is 35.1 Å². The van der Waals surface area contributed by atoms with Crippen LogP contribution in [0, 0.1) is 0 Å². The van der Waals surface area contributed by atoms with Crippen molar-refractivity contribution in [1.82, 2.24) is 24.6 Å². The van der Waals surface area contributed by atoms with Gasteiger partial charge in [0.15, 0.2) is 5.69 Å². The Morgan fingerprint density at radius 2 is 1.83 bits per heavy atom. The van der Waals surface area contributed by atoms with Crippen molar-refractivity contribution in [3.8, 4) is 11.4 Å². The van der Waals surface area contributed by atoms with E-state index in [1.54, 1.807) is 17.9 Å². The molecular weight excluding hydrogens is 378 g/mol. The number of amides is 1. The summed E-state index contributed by atoms with van der Waals surface area (Å²) in [6.45, 7) is 1.41. The number of carbonyl (C=O) groups is 1. The smallest absolute Gasteiger partial charge is 0.274 e. The molecule has 152 valence electrons. The fourth-order valence-electron chi connectivity index (χ4n) is 4.00. The van der Waals surface area contributed by atoms with Crippen molar-refractivity contribution >= 4 is 16.9 Å². The van der Waals surface area contributed by atoms with E-state index in [0.29, 0.717) is 24.7 Å². The highest BCUT2D eigenvalue weighted by Crippen LogP contribution is 2.28. The van der Waals surface area contributed by atoms with Crippen molar-refractivity contribution in [3.05, 3.63) is 72.3 Å². The molecule has 1 N–H and O–H groups in total. The molecule has 0 spiro atoms. The Labute approximate surface area is 174 Å². The number of para-hydroxylation sites is 2. The average Bonchev–Trinajstić information content (AvgIpc) is 3.46. The van der Waals surface area contributed by atoms with Gasteiger partial charge in [-0.1, -0.05) is 12.1 Å². The molecule has 2 aromatic carbocycles. The van der Waals surface area contributed by atoms with Crippen LogP contribution in [0.15, 0.2) is 60.8 Å². The maximum absolute atomic E-state index is 12.9. The molecule has 0 atom stereocenters. The lowest BCUT2D eigenvalue weighted by Crippen LogP contribution is -2.38. The Hall–Kier alpha value is -3.61. The summed E-state index contributed by atoms with van der Waals surface area (Å²) in [6.07, 6.45) is 3.60. The molecule has 3 heterocycles. The van der Waals surface area contributed by atoms with E-state index in [-0.39, 0.29) is 5.91 Å². The SMILES string of the molecule is COc1ccc(-n2ccc(C(=O)N3CCC(c4nc5ccccc5[nH]4)CC3)n2)cc1. The lowest BCUT2D eigenvalue weighted by Gasteiger charge is -2.30. The number of hydrogen-bond acceptors (Lipinski definition) is 4. The number of aromatic amines is 1. The van der Waals surface area contributed by atoms with Gasteiger partial charge in [0.25, 0.3) is 5.91 Å². The number of imidazole rings is 1. The molecule has 7 heteroatoms. The Kier molecular flexibility index (Phi) is 4.71. The van der Waals surface area contributed by atoms with E-state index < -0.39 is 0 Å². The number of likely N-dealkylation sites (tertiary alicyclic amines) is 1. The summed E-state index contributed by atoms with van der Waals surface area (Å²) in [5, 5.41) is 4.48. The number of methoxy groups -OCH3 is 1. The average molecular weight is 401 g/mol. The third kappa shape index (κ3) is 3.43. The topological polar surface area (TPSA) is 76.0 Å². The highest BCUT2D eigenvalue weighted by atomic mass is 16.5. The van der Waals surface area contributed by atoms with Crippen LogP contribution in [0.3, 0.4) is 0 Å². The van der Waals surface area contributed by atoms with Crippen molar-refractivity contribution in [3.63, 3.8) is 0 Å². The summed E-state index contributed by atoms with van der Waals surface area (Å²) in [5.41, 5.74) is 3.41. The standard InChI is InChI=1S/C23H23N5O2/c1-30-18-8-6-17(7-9-18)28-15-12-21(26-28)23(29)27-13-10-16(11-14-27)22-24-19-4-2-3-5-20(19)25-22/h2-9,12,15-16H,10-11,13-14H2,1H3,(H,24,25). The molecule has 1 amide bonds. The first-order valence-corrected chi connectivity index (χ1v) is 10.2. The molecule has 1 aliphatic rings. The molecule has 0 aliphatic carbocycles. The maximum Gasteiger partial charge on any atom is 0.274 e. The van der Waals surface area contributed by atoms with E-state index in [0.717, 1.165) is 41.1 Å². The van der Waals surface area contributed by atoms with E-state index in [2.05, 4.69) is 10.1 Å². The molecule has 5 rings (SSSR count). The van der Waals surface area contributed by atoms with E-state index >= 15 is 0 Å². The van der Waals surface area contributed by atoms with Crippen LogP contribution in [-0.2, 0) is 0 Å². The van der Waals surface area contributed by atoms with Crippen LogP contribution in [0.2, 0.25) is 0 Å². The summed E-state index contributed by atoms with van der Waals surface area (Å²) < 4.78 is 6.90. The number of rotatable bonds is 4. The Bertz CT molecular complexity index is 1140. The first kappa shape index (κ1) is 18.4. The zero-order valence-corrected chi connectivity index (χ0v) is 16.8. The number of benzene rings is 2. The zero-order valence-electron chi connectivity index (χ0n) is 16.8. The highest BCUT2D eigenvalue weighted by molar-refractivity contribution is 5.92. The molecule has 1 saturated heterocycles. The van der Waals surface area contributed by atoms with Crippen molar-refractivity contribution < 1.29 is 9.53 Å². The quantitative estimate of drug-likeness (QED) is 0.565. The molecule has 0 radical (unpaired) electrons. The van der Waals surface area contributed by atoms with Gasteiger partial charge in [-0.25, -0.2) is 9.67 Å². The van der Waals surface area contributed by atoms with Gasteiger partial charge in [-0.05, 0) is 55.3 Å². The van der Waals surface area contributed by atoms with Gasteiger partial charge in [-0.15, -0.1) is 0 Å². The molecule has 1 fully saturated rings. The summed E-state index contributed by atoms with van der Waals surface area (Å²) in [7, 11) is 1.64. The third-order valence-corrected chi connectivity index (χ3v) is 5.72. The predicted molar refractivity (Wildman–Crippen MR) is 114 cm³/mol. The minimum absolute atomic E-state index is 0.0229. The molecule has 0 unspecified atom stereocenters. The molecule has 0 saturated carbocycles. The van der Waals surface area contributed by atoms with Gasteiger partial charge < -0.3 is 14.6 Å².